The molecule has 0 unspecified atom stereocenters. The van der Waals surface area contributed by atoms with Crippen molar-refractivity contribution in [3.63, 3.8) is 0 Å². The predicted octanol–water partition coefficient (Wildman–Crippen LogP) is 2.33. The molecule has 1 aromatic carbocycles. The van der Waals surface area contributed by atoms with Crippen molar-refractivity contribution in [1.82, 2.24) is 10.6 Å². The van der Waals surface area contributed by atoms with Gasteiger partial charge in [0.2, 0.25) is 0 Å². The second-order valence-electron chi connectivity index (χ2n) is 4.23. The molecule has 1 aliphatic heterocycles. The first-order valence-electron chi connectivity index (χ1n) is 5.60. The van der Waals surface area contributed by atoms with Crippen molar-refractivity contribution in [2.75, 3.05) is 19.6 Å². The number of halogens is 2. The summed E-state index contributed by atoms with van der Waals surface area (Å²) in [6.45, 7) is 2.69. The van der Waals surface area contributed by atoms with Crippen molar-refractivity contribution >= 4 is 29.1 Å². The molecule has 92 valence electrons. The second-order valence-corrected chi connectivity index (χ2v) is 5.10. The molecule has 1 saturated heterocycles. The number of carbonyl (C=O) groups excluding carboxylic acids is 1. The zero-order valence-electron chi connectivity index (χ0n) is 9.30. The number of rotatable bonds is 3. The first-order valence-corrected chi connectivity index (χ1v) is 6.36. The lowest BCUT2D eigenvalue weighted by atomic mass is 10.1. The maximum atomic E-state index is 11.9. The van der Waals surface area contributed by atoms with Crippen LogP contribution in [0.5, 0.6) is 0 Å². The Morgan fingerprint density at radius 3 is 2.65 bits per heavy atom. The molecule has 2 rings (SSSR count). The summed E-state index contributed by atoms with van der Waals surface area (Å²) in [4.78, 5) is 11.9. The quantitative estimate of drug-likeness (QED) is 0.887. The van der Waals surface area contributed by atoms with Gasteiger partial charge >= 0.3 is 0 Å². The maximum Gasteiger partial charge on any atom is 0.251 e. The van der Waals surface area contributed by atoms with Crippen LogP contribution >= 0.6 is 23.2 Å². The summed E-state index contributed by atoms with van der Waals surface area (Å²) in [6.07, 6.45) is 1.11. The monoisotopic (exact) mass is 272 g/mol. The largest absolute Gasteiger partial charge is 0.352 e. The third kappa shape index (κ3) is 3.60. The molecule has 5 heteroatoms. The van der Waals surface area contributed by atoms with Gasteiger partial charge in [0.15, 0.2) is 0 Å². The Morgan fingerprint density at radius 2 is 2.06 bits per heavy atom. The summed E-state index contributed by atoms with van der Waals surface area (Å²) in [5, 5.41) is 7.11. The molecule has 17 heavy (non-hydrogen) atoms. The molecule has 0 bridgehead atoms. The Labute approximate surface area is 110 Å². The smallest absolute Gasteiger partial charge is 0.251 e. The summed E-state index contributed by atoms with van der Waals surface area (Å²) in [7, 11) is 0. The van der Waals surface area contributed by atoms with E-state index in [9.17, 15) is 4.79 Å². The van der Waals surface area contributed by atoms with Gasteiger partial charge in [-0.25, -0.2) is 0 Å². The highest BCUT2D eigenvalue weighted by molar-refractivity contribution is 6.35. The highest BCUT2D eigenvalue weighted by Crippen LogP contribution is 2.19. The van der Waals surface area contributed by atoms with E-state index >= 15 is 0 Å². The Morgan fingerprint density at radius 1 is 1.35 bits per heavy atom. The summed E-state index contributed by atoms with van der Waals surface area (Å²) >= 11 is 11.7. The lowest BCUT2D eigenvalue weighted by Gasteiger charge is -2.10. The molecule has 1 amide bonds. The van der Waals surface area contributed by atoms with Gasteiger partial charge in [-0.2, -0.15) is 0 Å². The topological polar surface area (TPSA) is 41.1 Å². The molecule has 1 aromatic rings. The van der Waals surface area contributed by atoms with E-state index in [0.717, 1.165) is 19.5 Å². The fourth-order valence-electron chi connectivity index (χ4n) is 1.91. The SMILES string of the molecule is O=C(NC[C@H]1CCNC1)c1cc(Cl)cc(Cl)c1. The van der Waals surface area contributed by atoms with Crippen molar-refractivity contribution in [3.05, 3.63) is 33.8 Å². The van der Waals surface area contributed by atoms with Crippen molar-refractivity contribution in [2.24, 2.45) is 5.92 Å². The van der Waals surface area contributed by atoms with Gasteiger partial charge in [0, 0.05) is 22.2 Å². The molecular weight excluding hydrogens is 259 g/mol. The van der Waals surface area contributed by atoms with Gasteiger partial charge in [0.05, 0.1) is 0 Å². The van der Waals surface area contributed by atoms with Gasteiger partial charge in [0.25, 0.3) is 5.91 Å². The summed E-state index contributed by atoms with van der Waals surface area (Å²) in [6, 6.07) is 4.85. The van der Waals surface area contributed by atoms with Crippen LogP contribution in [0.3, 0.4) is 0 Å². The average molecular weight is 273 g/mol. The van der Waals surface area contributed by atoms with E-state index in [2.05, 4.69) is 10.6 Å². The van der Waals surface area contributed by atoms with Crippen molar-refractivity contribution in [2.45, 2.75) is 6.42 Å². The molecule has 1 atom stereocenters. The zero-order chi connectivity index (χ0) is 12.3. The van der Waals surface area contributed by atoms with Crippen LogP contribution in [0.2, 0.25) is 10.0 Å². The molecule has 2 N–H and O–H groups in total. The molecule has 0 aromatic heterocycles. The van der Waals surface area contributed by atoms with E-state index in [1.165, 1.54) is 0 Å². The number of benzene rings is 1. The predicted molar refractivity (Wildman–Crippen MR) is 69.8 cm³/mol. The van der Waals surface area contributed by atoms with Crippen molar-refractivity contribution in [1.29, 1.82) is 0 Å². The standard InChI is InChI=1S/C12H14Cl2N2O/c13-10-3-9(4-11(14)5-10)12(17)16-7-8-1-2-15-6-8/h3-5,8,15H,1-2,6-7H2,(H,16,17)/t8-/m0/s1. The van der Waals surface area contributed by atoms with E-state index in [1.54, 1.807) is 18.2 Å². The summed E-state index contributed by atoms with van der Waals surface area (Å²) < 4.78 is 0. The van der Waals surface area contributed by atoms with Gasteiger partial charge < -0.3 is 10.6 Å². The molecule has 0 saturated carbocycles. The summed E-state index contributed by atoms with van der Waals surface area (Å²) in [5.41, 5.74) is 0.508. The fourth-order valence-corrected chi connectivity index (χ4v) is 2.44. The van der Waals surface area contributed by atoms with Crippen LogP contribution in [-0.2, 0) is 0 Å². The van der Waals surface area contributed by atoms with Crippen molar-refractivity contribution in [3.8, 4) is 0 Å². The van der Waals surface area contributed by atoms with Crippen LogP contribution < -0.4 is 10.6 Å². The molecule has 3 nitrogen and oxygen atoms in total. The lowest BCUT2D eigenvalue weighted by Crippen LogP contribution is -2.30. The minimum Gasteiger partial charge on any atom is -0.352 e. The zero-order valence-corrected chi connectivity index (χ0v) is 10.8. The van der Waals surface area contributed by atoms with Crippen LogP contribution in [0.1, 0.15) is 16.8 Å². The summed E-state index contributed by atoms with van der Waals surface area (Å²) in [5.74, 6) is 0.398. The Hall–Kier alpha value is -0.770. The van der Waals surface area contributed by atoms with Gasteiger partial charge in [-0.05, 0) is 43.6 Å². The third-order valence-corrected chi connectivity index (χ3v) is 3.27. The van der Waals surface area contributed by atoms with E-state index in [-0.39, 0.29) is 5.91 Å². The van der Waals surface area contributed by atoms with Crippen LogP contribution in [0.15, 0.2) is 18.2 Å². The van der Waals surface area contributed by atoms with Crippen LogP contribution in [0, 0.1) is 5.92 Å². The molecular formula is C12H14Cl2N2O. The van der Waals surface area contributed by atoms with Gasteiger partial charge in [-0.15, -0.1) is 0 Å². The van der Waals surface area contributed by atoms with E-state index < -0.39 is 0 Å². The minimum atomic E-state index is -0.124. The fraction of sp³-hybridized carbons (Fsp3) is 0.417. The Bertz CT molecular complexity index is 397. The number of hydrogen-bond donors (Lipinski definition) is 2. The number of hydrogen-bond acceptors (Lipinski definition) is 2. The minimum absolute atomic E-state index is 0.124. The van der Waals surface area contributed by atoms with Crippen LogP contribution in [-0.4, -0.2) is 25.5 Å². The van der Waals surface area contributed by atoms with Gasteiger partial charge in [-0.1, -0.05) is 23.2 Å². The molecule has 0 aliphatic carbocycles. The Kier molecular flexibility index (Phi) is 4.26. The van der Waals surface area contributed by atoms with Crippen LogP contribution in [0.25, 0.3) is 0 Å². The first kappa shape index (κ1) is 12.7. The number of nitrogens with one attached hydrogen (secondary N) is 2. The molecule has 0 radical (unpaired) electrons. The highest BCUT2D eigenvalue weighted by atomic mass is 35.5. The molecule has 1 heterocycles. The molecule has 1 aliphatic rings. The maximum absolute atomic E-state index is 11.9. The van der Waals surface area contributed by atoms with E-state index in [4.69, 9.17) is 23.2 Å². The number of carbonyl (C=O) groups is 1. The highest BCUT2D eigenvalue weighted by Gasteiger charge is 2.16. The molecule has 0 spiro atoms. The average Bonchev–Trinajstić information content (AvgIpc) is 2.77. The van der Waals surface area contributed by atoms with Gasteiger partial charge in [0.1, 0.15) is 0 Å². The normalized spacial score (nSPS) is 19.3. The molecule has 1 fully saturated rings. The first-order chi connectivity index (χ1) is 8.15. The lowest BCUT2D eigenvalue weighted by molar-refractivity contribution is 0.0948. The second kappa shape index (κ2) is 5.71. The van der Waals surface area contributed by atoms with Gasteiger partial charge in [-0.3, -0.25) is 4.79 Å². The van der Waals surface area contributed by atoms with E-state index in [1.807, 2.05) is 0 Å². The van der Waals surface area contributed by atoms with E-state index in [0.29, 0.717) is 28.1 Å². The Balaban J connectivity index is 1.94. The van der Waals surface area contributed by atoms with Crippen molar-refractivity contribution < 1.29 is 4.79 Å². The number of amides is 1. The van der Waals surface area contributed by atoms with Crippen LogP contribution in [0.4, 0.5) is 0 Å². The third-order valence-electron chi connectivity index (χ3n) is 2.84.